The van der Waals surface area contributed by atoms with Gasteiger partial charge in [-0.1, -0.05) is 44.0 Å². The minimum Gasteiger partial charge on any atom is -0.325 e. The summed E-state index contributed by atoms with van der Waals surface area (Å²) in [5, 5.41) is 2.93. The van der Waals surface area contributed by atoms with Gasteiger partial charge in [-0.2, -0.15) is 0 Å². The highest BCUT2D eigenvalue weighted by Crippen LogP contribution is 2.23. The number of nitrogens with one attached hydrogen (secondary N) is 1. The molecule has 1 amide bonds. The molecule has 0 heterocycles. The van der Waals surface area contributed by atoms with Crippen LogP contribution >= 0.6 is 54.5 Å². The van der Waals surface area contributed by atoms with E-state index < -0.39 is 0 Å². The topological polar surface area (TPSA) is 29.1 Å². The fourth-order valence-electron chi connectivity index (χ4n) is 1.62. The molecule has 0 spiro atoms. The Morgan fingerprint density at radius 2 is 1.84 bits per heavy atom. The van der Waals surface area contributed by atoms with Gasteiger partial charge in [-0.15, -0.1) is 0 Å². The average Bonchev–Trinajstić information content (AvgIpc) is 2.34. The molecule has 0 aliphatic heterocycles. The lowest BCUT2D eigenvalue weighted by Gasteiger charge is -2.08. The van der Waals surface area contributed by atoms with E-state index in [1.165, 1.54) is 0 Å². The van der Waals surface area contributed by atoms with Crippen LogP contribution in [0.25, 0.3) is 0 Å². The van der Waals surface area contributed by atoms with E-state index in [9.17, 15) is 4.79 Å². The van der Waals surface area contributed by atoms with E-state index in [2.05, 4.69) is 59.8 Å². The molecule has 2 aromatic rings. The molecule has 0 atom stereocenters. The van der Waals surface area contributed by atoms with Gasteiger partial charge in [-0.25, -0.2) is 0 Å². The van der Waals surface area contributed by atoms with Crippen molar-refractivity contribution >= 4 is 66.0 Å². The summed E-state index contributed by atoms with van der Waals surface area (Å²) in [5.74, 6) is -0.0193. The van der Waals surface area contributed by atoms with Crippen LogP contribution in [0.4, 0.5) is 5.69 Å². The molecule has 0 aromatic heterocycles. The summed E-state index contributed by atoms with van der Waals surface area (Å²) < 4.78 is 2.95. The van der Waals surface area contributed by atoms with Crippen LogP contribution in [0.5, 0.6) is 0 Å². The fourth-order valence-corrected chi connectivity index (χ4v) is 2.90. The van der Waals surface area contributed by atoms with Crippen molar-refractivity contribution in [3.05, 3.63) is 60.5 Å². The molecule has 0 saturated carbocycles. The molecule has 0 radical (unpaired) electrons. The molecule has 0 bridgehead atoms. The van der Waals surface area contributed by atoms with Crippen LogP contribution in [0.2, 0.25) is 0 Å². The molecule has 0 aliphatic rings. The minimum absolute atomic E-state index is 0.0193. The van der Waals surface area contributed by atoms with Crippen molar-refractivity contribution < 1.29 is 4.79 Å². The van der Waals surface area contributed by atoms with Crippen LogP contribution in [-0.2, 0) is 11.2 Å². The minimum atomic E-state index is -0.0193. The molecule has 5 heteroatoms. The smallest absolute Gasteiger partial charge is 0.228 e. The SMILES string of the molecule is O=C(Cc1cccc(Br)c1)Nc1cc(Br)ccc1I. The maximum absolute atomic E-state index is 12.0. The lowest BCUT2D eigenvalue weighted by Crippen LogP contribution is -2.15. The fraction of sp³-hybridized carbons (Fsp3) is 0.0714. The zero-order valence-electron chi connectivity index (χ0n) is 9.79. The maximum Gasteiger partial charge on any atom is 0.228 e. The van der Waals surface area contributed by atoms with Gasteiger partial charge < -0.3 is 5.32 Å². The van der Waals surface area contributed by atoms with Crippen molar-refractivity contribution in [2.45, 2.75) is 6.42 Å². The van der Waals surface area contributed by atoms with Crippen LogP contribution in [0, 0.1) is 3.57 Å². The van der Waals surface area contributed by atoms with E-state index in [1.807, 2.05) is 42.5 Å². The van der Waals surface area contributed by atoms with Crippen molar-refractivity contribution in [2.75, 3.05) is 5.32 Å². The quantitative estimate of drug-likeness (QED) is 0.598. The van der Waals surface area contributed by atoms with Crippen molar-refractivity contribution in [1.82, 2.24) is 0 Å². The molecule has 0 aliphatic carbocycles. The molecule has 19 heavy (non-hydrogen) atoms. The number of anilines is 1. The molecular formula is C14H10Br2INO. The van der Waals surface area contributed by atoms with Gasteiger partial charge in [0, 0.05) is 12.5 Å². The summed E-state index contributed by atoms with van der Waals surface area (Å²) in [7, 11) is 0. The van der Waals surface area contributed by atoms with Crippen molar-refractivity contribution in [3.63, 3.8) is 0 Å². The Kier molecular flexibility index (Phi) is 5.41. The summed E-state index contributed by atoms with van der Waals surface area (Å²) in [4.78, 5) is 12.0. The number of amides is 1. The highest BCUT2D eigenvalue weighted by Gasteiger charge is 2.07. The van der Waals surface area contributed by atoms with E-state index in [1.54, 1.807) is 0 Å². The molecule has 98 valence electrons. The van der Waals surface area contributed by atoms with Gasteiger partial charge in [0.25, 0.3) is 0 Å². The Morgan fingerprint density at radius 3 is 2.58 bits per heavy atom. The van der Waals surface area contributed by atoms with Crippen LogP contribution in [-0.4, -0.2) is 5.91 Å². The molecule has 0 unspecified atom stereocenters. The number of carbonyl (C=O) groups is 1. The standard InChI is InChI=1S/C14H10Br2INO/c15-10-3-1-2-9(6-10)7-14(19)18-13-8-11(16)4-5-12(13)17/h1-6,8H,7H2,(H,18,19). The third kappa shape index (κ3) is 4.57. The third-order valence-corrected chi connectivity index (χ3v) is 4.38. The highest BCUT2D eigenvalue weighted by molar-refractivity contribution is 14.1. The summed E-state index contributed by atoms with van der Waals surface area (Å²) in [5.41, 5.74) is 1.81. The van der Waals surface area contributed by atoms with E-state index in [0.29, 0.717) is 6.42 Å². The summed E-state index contributed by atoms with van der Waals surface area (Å²) in [6.07, 6.45) is 0.363. The van der Waals surface area contributed by atoms with Gasteiger partial charge in [0.2, 0.25) is 5.91 Å². The molecule has 2 rings (SSSR count). The second-order valence-corrected chi connectivity index (χ2v) is 6.97. The van der Waals surface area contributed by atoms with Crippen molar-refractivity contribution in [3.8, 4) is 0 Å². The first kappa shape index (κ1) is 15.0. The van der Waals surface area contributed by atoms with E-state index in [4.69, 9.17) is 0 Å². The number of hydrogen-bond donors (Lipinski definition) is 1. The van der Waals surface area contributed by atoms with Crippen LogP contribution in [0.3, 0.4) is 0 Å². The zero-order valence-corrected chi connectivity index (χ0v) is 15.1. The average molecular weight is 495 g/mol. The third-order valence-electron chi connectivity index (χ3n) is 2.46. The van der Waals surface area contributed by atoms with Crippen molar-refractivity contribution in [2.24, 2.45) is 0 Å². The van der Waals surface area contributed by atoms with Crippen LogP contribution in [0.1, 0.15) is 5.56 Å². The molecule has 1 N–H and O–H groups in total. The molecule has 2 aromatic carbocycles. The number of carbonyl (C=O) groups excluding carboxylic acids is 1. The summed E-state index contributed by atoms with van der Waals surface area (Å²) in [6, 6.07) is 13.6. The van der Waals surface area contributed by atoms with Crippen LogP contribution in [0.15, 0.2) is 51.4 Å². The second kappa shape index (κ2) is 6.85. The predicted molar refractivity (Wildman–Crippen MR) is 93.3 cm³/mol. The molecular weight excluding hydrogens is 485 g/mol. The first-order chi connectivity index (χ1) is 9.04. The van der Waals surface area contributed by atoms with Gasteiger partial charge in [0.1, 0.15) is 0 Å². The summed E-state index contributed by atoms with van der Waals surface area (Å²) >= 11 is 9.01. The maximum atomic E-state index is 12.0. The predicted octanol–water partition coefficient (Wildman–Crippen LogP) is 5.00. The van der Waals surface area contributed by atoms with Gasteiger partial charge in [-0.3, -0.25) is 4.79 Å². The van der Waals surface area contributed by atoms with Gasteiger partial charge >= 0.3 is 0 Å². The number of hydrogen-bond acceptors (Lipinski definition) is 1. The van der Waals surface area contributed by atoms with E-state index >= 15 is 0 Å². The van der Waals surface area contributed by atoms with Gasteiger partial charge in [0.05, 0.1) is 12.1 Å². The molecule has 0 saturated heterocycles. The number of benzene rings is 2. The van der Waals surface area contributed by atoms with Crippen molar-refractivity contribution in [1.29, 1.82) is 0 Å². The first-order valence-electron chi connectivity index (χ1n) is 5.54. The number of halogens is 3. The Labute approximate surface area is 142 Å². The Hall–Kier alpha value is -0.400. The second-order valence-electron chi connectivity index (χ2n) is 3.98. The zero-order chi connectivity index (χ0) is 13.8. The monoisotopic (exact) mass is 493 g/mol. The normalized spacial score (nSPS) is 10.3. The molecule has 2 nitrogen and oxygen atoms in total. The lowest BCUT2D eigenvalue weighted by molar-refractivity contribution is -0.115. The number of rotatable bonds is 3. The largest absolute Gasteiger partial charge is 0.325 e. The Balaban J connectivity index is 2.07. The lowest BCUT2D eigenvalue weighted by atomic mass is 10.1. The Bertz CT molecular complexity index is 616. The summed E-state index contributed by atoms with van der Waals surface area (Å²) in [6.45, 7) is 0. The van der Waals surface area contributed by atoms with Crippen LogP contribution < -0.4 is 5.32 Å². The highest BCUT2D eigenvalue weighted by atomic mass is 127. The Morgan fingerprint density at radius 1 is 1.11 bits per heavy atom. The van der Waals surface area contributed by atoms with Gasteiger partial charge in [-0.05, 0) is 58.5 Å². The first-order valence-corrected chi connectivity index (χ1v) is 8.20. The van der Waals surface area contributed by atoms with E-state index in [-0.39, 0.29) is 5.91 Å². The molecule has 0 fully saturated rings. The van der Waals surface area contributed by atoms with Gasteiger partial charge in [0.15, 0.2) is 0 Å². The van der Waals surface area contributed by atoms with E-state index in [0.717, 1.165) is 23.8 Å².